The van der Waals surface area contributed by atoms with Gasteiger partial charge in [0.1, 0.15) is 6.10 Å². The van der Waals surface area contributed by atoms with Crippen LogP contribution in [0, 0.1) is 5.41 Å². The van der Waals surface area contributed by atoms with Gasteiger partial charge in [-0.3, -0.25) is 0 Å². The van der Waals surface area contributed by atoms with E-state index in [4.69, 9.17) is 16.3 Å². The highest BCUT2D eigenvalue weighted by Crippen LogP contribution is 2.37. The molecule has 0 saturated carbocycles. The van der Waals surface area contributed by atoms with E-state index in [1.807, 2.05) is 35.2 Å². The molecule has 0 bridgehead atoms. The molecule has 2 aromatic rings. The summed E-state index contributed by atoms with van der Waals surface area (Å²) in [5, 5.41) is 0.679. The van der Waals surface area contributed by atoms with Gasteiger partial charge >= 0.3 is 6.09 Å². The second-order valence-corrected chi connectivity index (χ2v) is 10.2. The first-order valence-corrected chi connectivity index (χ1v) is 12.2. The molecule has 1 aliphatic carbocycles. The molecular weight excluding hydrogens is 446 g/mol. The fourth-order valence-corrected chi connectivity index (χ4v) is 4.83. The Morgan fingerprint density at radius 3 is 2.44 bits per heavy atom. The molecule has 1 saturated heterocycles. The molecule has 0 radical (unpaired) electrons. The number of benzene rings is 2. The first-order valence-electron chi connectivity index (χ1n) is 11.8. The average molecular weight is 480 g/mol. The van der Waals surface area contributed by atoms with E-state index in [0.29, 0.717) is 18.1 Å². The molecule has 2 atom stereocenters. The zero-order valence-corrected chi connectivity index (χ0v) is 21.0. The van der Waals surface area contributed by atoms with Crippen LogP contribution in [0.15, 0.2) is 72.8 Å². The number of likely N-dealkylation sites (N-methyl/N-ethyl adjacent to an activating group) is 2. The zero-order valence-electron chi connectivity index (χ0n) is 20.3. The van der Waals surface area contributed by atoms with Crippen LogP contribution in [0.5, 0.6) is 0 Å². The number of carbonyl (C=O) groups is 1. The van der Waals surface area contributed by atoms with Crippen molar-refractivity contribution in [3.63, 3.8) is 0 Å². The van der Waals surface area contributed by atoms with Crippen LogP contribution in [-0.2, 0) is 4.74 Å². The number of carbonyl (C=O) groups excluding carboxylic acids is 1. The summed E-state index contributed by atoms with van der Waals surface area (Å²) in [5.74, 6) is 0. The fourth-order valence-electron chi connectivity index (χ4n) is 4.70. The Labute approximate surface area is 208 Å². The largest absolute Gasteiger partial charge is 0.439 e. The van der Waals surface area contributed by atoms with Gasteiger partial charge in [0.05, 0.1) is 6.54 Å². The van der Waals surface area contributed by atoms with Gasteiger partial charge in [0.15, 0.2) is 0 Å². The molecule has 0 spiro atoms. The third-order valence-electron chi connectivity index (χ3n) is 6.60. The lowest BCUT2D eigenvalue weighted by Crippen LogP contribution is -2.45. The highest BCUT2D eigenvalue weighted by atomic mass is 35.5. The first kappa shape index (κ1) is 24.5. The number of rotatable bonds is 9. The van der Waals surface area contributed by atoms with Crippen molar-refractivity contribution >= 4 is 23.3 Å². The summed E-state index contributed by atoms with van der Waals surface area (Å²) < 4.78 is 5.74. The van der Waals surface area contributed by atoms with Gasteiger partial charge < -0.3 is 19.4 Å². The van der Waals surface area contributed by atoms with Crippen LogP contribution >= 0.6 is 11.6 Å². The minimum atomic E-state index is -0.267. The van der Waals surface area contributed by atoms with Gasteiger partial charge in [0.2, 0.25) is 0 Å². The van der Waals surface area contributed by atoms with Crippen molar-refractivity contribution in [3.05, 3.63) is 89.0 Å². The van der Waals surface area contributed by atoms with Gasteiger partial charge in [0, 0.05) is 36.6 Å². The second-order valence-electron chi connectivity index (χ2n) is 9.77. The van der Waals surface area contributed by atoms with E-state index in [1.54, 1.807) is 0 Å². The van der Waals surface area contributed by atoms with Gasteiger partial charge in [-0.2, -0.15) is 0 Å². The Balaban J connectivity index is 1.50. The molecule has 0 aromatic heterocycles. The lowest BCUT2D eigenvalue weighted by molar-refractivity contribution is 0.122. The average Bonchev–Trinajstić information content (AvgIpc) is 3.19. The molecule has 2 aromatic carbocycles. The normalized spacial score (nSPS) is 22.4. The van der Waals surface area contributed by atoms with E-state index in [9.17, 15) is 4.79 Å². The topological polar surface area (TPSA) is 36.0 Å². The number of ether oxygens (including phenoxy) is 1. The Morgan fingerprint density at radius 2 is 1.79 bits per heavy atom. The molecule has 4 rings (SSSR count). The summed E-state index contributed by atoms with van der Waals surface area (Å²) in [6.07, 6.45) is 7.20. The predicted molar refractivity (Wildman–Crippen MR) is 139 cm³/mol. The van der Waals surface area contributed by atoms with Crippen LogP contribution in [0.4, 0.5) is 4.79 Å². The maximum atomic E-state index is 12.8. The van der Waals surface area contributed by atoms with Gasteiger partial charge in [0.25, 0.3) is 0 Å². The number of hydrogen-bond acceptors (Lipinski definition) is 4. The highest BCUT2D eigenvalue weighted by Gasteiger charge is 2.39. The molecule has 0 N–H and O–H groups in total. The predicted octanol–water partition coefficient (Wildman–Crippen LogP) is 5.36. The summed E-state index contributed by atoms with van der Waals surface area (Å²) in [6, 6.07) is 18.0. The lowest BCUT2D eigenvalue weighted by atomic mass is 9.78. The quantitative estimate of drug-likeness (QED) is 0.485. The van der Waals surface area contributed by atoms with Crippen LogP contribution in [0.1, 0.15) is 23.7 Å². The molecule has 1 fully saturated rings. The van der Waals surface area contributed by atoms with E-state index >= 15 is 0 Å². The molecule has 1 amide bonds. The van der Waals surface area contributed by atoms with Crippen LogP contribution in [0.25, 0.3) is 5.57 Å². The molecular formula is C28H34ClN3O2. The lowest BCUT2D eigenvalue weighted by Gasteiger charge is -2.38. The maximum absolute atomic E-state index is 12.8. The number of hydrogen-bond donors (Lipinski definition) is 0. The van der Waals surface area contributed by atoms with Gasteiger partial charge in [-0.15, -0.1) is 0 Å². The van der Waals surface area contributed by atoms with Crippen molar-refractivity contribution < 1.29 is 9.53 Å². The highest BCUT2D eigenvalue weighted by molar-refractivity contribution is 6.30. The molecule has 34 heavy (non-hydrogen) atoms. The number of allylic oxidation sites excluding steroid dienone is 3. The van der Waals surface area contributed by atoms with Crippen molar-refractivity contribution in [2.24, 2.45) is 5.41 Å². The van der Waals surface area contributed by atoms with Gasteiger partial charge in [-0.05, 0) is 56.4 Å². The van der Waals surface area contributed by atoms with Crippen molar-refractivity contribution in [1.82, 2.24) is 14.7 Å². The number of nitrogens with zero attached hydrogens (tertiary/aromatic N) is 3. The summed E-state index contributed by atoms with van der Waals surface area (Å²) >= 11 is 6.03. The molecule has 1 unspecified atom stereocenters. The van der Waals surface area contributed by atoms with E-state index < -0.39 is 0 Å². The first-order chi connectivity index (χ1) is 16.3. The van der Waals surface area contributed by atoms with Crippen LogP contribution in [0.2, 0.25) is 5.02 Å². The second kappa shape index (κ2) is 10.8. The summed E-state index contributed by atoms with van der Waals surface area (Å²) in [6.45, 7) is 4.00. The summed E-state index contributed by atoms with van der Waals surface area (Å²) in [5.41, 5.74) is 3.25. The monoisotopic (exact) mass is 479 g/mol. The van der Waals surface area contributed by atoms with Crippen LogP contribution < -0.4 is 0 Å². The zero-order chi connectivity index (χ0) is 24.1. The minimum Gasteiger partial charge on any atom is -0.439 e. The smallest absolute Gasteiger partial charge is 0.410 e. The summed E-state index contributed by atoms with van der Waals surface area (Å²) in [4.78, 5) is 19.3. The Hall–Kier alpha value is -2.60. The number of cyclic esters (lactones) is 1. The number of halogens is 1. The Kier molecular flexibility index (Phi) is 7.77. The third kappa shape index (κ3) is 6.09. The van der Waals surface area contributed by atoms with E-state index in [2.05, 4.69) is 73.4 Å². The van der Waals surface area contributed by atoms with Crippen molar-refractivity contribution in [3.8, 4) is 0 Å². The molecule has 180 valence electrons. The minimum absolute atomic E-state index is 0.173. The fraction of sp³-hybridized carbons (Fsp3) is 0.393. The number of amides is 1. The Bertz CT molecular complexity index is 1040. The van der Waals surface area contributed by atoms with Gasteiger partial charge in [-0.1, -0.05) is 72.3 Å². The SMILES string of the molecule is CN(C)CCN(C)CC1(CN2C[C@@H](c3ccc(Cl)cc3)OC2=O)C=CC(c2ccccc2)=CC1. The van der Waals surface area contributed by atoms with Gasteiger partial charge in [-0.25, -0.2) is 4.79 Å². The Morgan fingerprint density at radius 1 is 1.06 bits per heavy atom. The van der Waals surface area contributed by atoms with Crippen LogP contribution in [0.3, 0.4) is 0 Å². The molecule has 1 aliphatic heterocycles. The molecule has 2 aliphatic rings. The van der Waals surface area contributed by atoms with E-state index in [1.165, 1.54) is 11.1 Å². The molecule has 1 heterocycles. The molecule has 5 nitrogen and oxygen atoms in total. The summed E-state index contributed by atoms with van der Waals surface area (Å²) in [7, 11) is 6.35. The van der Waals surface area contributed by atoms with E-state index in [-0.39, 0.29) is 17.6 Å². The van der Waals surface area contributed by atoms with E-state index in [0.717, 1.165) is 31.6 Å². The standard InChI is InChI=1S/C28H34ClN3O2/c1-30(2)17-18-31(3)20-28(15-13-23(14-16-28)22-7-5-4-6-8-22)21-32-19-26(34-27(32)33)24-9-11-25(29)12-10-24/h4-15,26H,16-21H2,1-3H3/t26-,28?/m0/s1. The third-order valence-corrected chi connectivity index (χ3v) is 6.85. The van der Waals surface area contributed by atoms with Crippen molar-refractivity contribution in [2.45, 2.75) is 12.5 Å². The van der Waals surface area contributed by atoms with Crippen LogP contribution in [-0.4, -0.2) is 74.7 Å². The maximum Gasteiger partial charge on any atom is 0.410 e. The van der Waals surface area contributed by atoms with Crippen molar-refractivity contribution in [1.29, 1.82) is 0 Å². The van der Waals surface area contributed by atoms with Crippen molar-refractivity contribution in [2.75, 3.05) is 53.9 Å². The molecule has 6 heteroatoms.